The van der Waals surface area contributed by atoms with E-state index in [9.17, 15) is 14.7 Å². The minimum absolute atomic E-state index is 0.295. The van der Waals surface area contributed by atoms with E-state index >= 15 is 0 Å². The van der Waals surface area contributed by atoms with Gasteiger partial charge >= 0.3 is 12.2 Å². The molecule has 110 valence electrons. The molecule has 2 amide bonds. The number of nitrogens with zero attached hydrogens (tertiary/aromatic N) is 1. The molecule has 0 aromatic heterocycles. The molecule has 0 spiro atoms. The summed E-state index contributed by atoms with van der Waals surface area (Å²) < 4.78 is 0. The Kier molecular flexibility index (Phi) is 3.27. The van der Waals surface area contributed by atoms with Crippen LogP contribution >= 0.6 is 0 Å². The molecular formula is C16H12N2O4. The lowest BCUT2D eigenvalue weighted by Crippen LogP contribution is -2.45. The van der Waals surface area contributed by atoms with E-state index in [1.165, 1.54) is 0 Å². The third-order valence-corrected chi connectivity index (χ3v) is 3.37. The standard InChI is InChI=1S/C16H12N2O4/c19-15(20)17-18(16(21)22)14-12-7-3-1-5-10(12)9-11-6-2-4-8-13(11)14/h1-9,17H,(H,19,20)(H,21,22). The predicted molar refractivity (Wildman–Crippen MR) is 83.1 cm³/mol. The Labute approximate surface area is 125 Å². The highest BCUT2D eigenvalue weighted by Crippen LogP contribution is 2.34. The largest absolute Gasteiger partial charge is 0.464 e. The first-order chi connectivity index (χ1) is 10.6. The molecule has 0 radical (unpaired) electrons. The molecule has 3 rings (SSSR count). The molecule has 0 unspecified atom stereocenters. The van der Waals surface area contributed by atoms with Crippen molar-refractivity contribution < 1.29 is 19.8 Å². The Balaban J connectivity index is 2.40. The Morgan fingerprint density at radius 2 is 1.36 bits per heavy atom. The molecule has 3 aromatic carbocycles. The first kappa shape index (κ1) is 13.7. The predicted octanol–water partition coefficient (Wildman–Crippen LogP) is 3.66. The lowest BCUT2D eigenvalue weighted by atomic mass is 10.0. The van der Waals surface area contributed by atoms with Crippen LogP contribution in [0.5, 0.6) is 0 Å². The quantitative estimate of drug-likeness (QED) is 0.472. The van der Waals surface area contributed by atoms with Crippen LogP contribution in [0.4, 0.5) is 15.3 Å². The molecule has 0 saturated carbocycles. The number of hydrogen-bond acceptors (Lipinski definition) is 2. The lowest BCUT2D eigenvalue weighted by Gasteiger charge is -2.22. The molecule has 6 heteroatoms. The Morgan fingerprint density at radius 3 is 1.82 bits per heavy atom. The van der Waals surface area contributed by atoms with Gasteiger partial charge < -0.3 is 10.2 Å². The van der Waals surface area contributed by atoms with E-state index in [0.717, 1.165) is 10.8 Å². The maximum Gasteiger partial charge on any atom is 0.431 e. The zero-order chi connectivity index (χ0) is 15.7. The summed E-state index contributed by atoms with van der Waals surface area (Å²) in [5.74, 6) is 0. The van der Waals surface area contributed by atoms with Crippen LogP contribution in [-0.4, -0.2) is 22.4 Å². The van der Waals surface area contributed by atoms with Crippen LogP contribution in [0.2, 0.25) is 0 Å². The minimum atomic E-state index is -1.44. The average molecular weight is 296 g/mol. The number of benzene rings is 3. The van der Waals surface area contributed by atoms with Gasteiger partial charge in [-0.3, -0.25) is 0 Å². The van der Waals surface area contributed by atoms with Crippen molar-refractivity contribution in [1.29, 1.82) is 0 Å². The minimum Gasteiger partial charge on any atom is -0.464 e. The normalized spacial score (nSPS) is 10.5. The molecule has 6 nitrogen and oxygen atoms in total. The fraction of sp³-hybridized carbons (Fsp3) is 0. The molecule has 0 saturated heterocycles. The van der Waals surface area contributed by atoms with E-state index in [0.29, 0.717) is 21.5 Å². The topological polar surface area (TPSA) is 89.9 Å². The third kappa shape index (κ3) is 2.26. The van der Waals surface area contributed by atoms with Crippen LogP contribution < -0.4 is 10.4 Å². The fourth-order valence-corrected chi connectivity index (χ4v) is 2.53. The summed E-state index contributed by atoms with van der Waals surface area (Å²) in [4.78, 5) is 22.5. The Morgan fingerprint density at radius 1 is 0.864 bits per heavy atom. The number of carbonyl (C=O) groups is 2. The number of carboxylic acid groups (broad SMARTS) is 2. The molecule has 0 aliphatic heterocycles. The molecule has 0 fully saturated rings. The molecule has 22 heavy (non-hydrogen) atoms. The average Bonchev–Trinajstić information content (AvgIpc) is 2.50. The van der Waals surface area contributed by atoms with Crippen molar-refractivity contribution in [2.24, 2.45) is 0 Å². The third-order valence-electron chi connectivity index (χ3n) is 3.37. The maximum atomic E-state index is 11.5. The lowest BCUT2D eigenvalue weighted by molar-refractivity contribution is 0.181. The van der Waals surface area contributed by atoms with Crippen LogP contribution in [0.3, 0.4) is 0 Å². The van der Waals surface area contributed by atoms with Gasteiger partial charge in [-0.15, -0.1) is 0 Å². The number of fused-ring (bicyclic) bond motifs is 2. The summed E-state index contributed by atoms with van der Waals surface area (Å²) in [6, 6.07) is 16.4. The maximum absolute atomic E-state index is 11.5. The van der Waals surface area contributed by atoms with Crippen molar-refractivity contribution in [3.05, 3.63) is 54.6 Å². The van der Waals surface area contributed by atoms with Crippen LogP contribution in [0, 0.1) is 0 Å². The van der Waals surface area contributed by atoms with Crippen LogP contribution in [0.1, 0.15) is 0 Å². The Bertz CT molecular complexity index is 838. The van der Waals surface area contributed by atoms with E-state index in [-0.39, 0.29) is 0 Å². The van der Waals surface area contributed by atoms with Crippen LogP contribution in [-0.2, 0) is 0 Å². The summed E-state index contributed by atoms with van der Waals surface area (Å²) in [7, 11) is 0. The van der Waals surface area contributed by atoms with E-state index in [4.69, 9.17) is 5.11 Å². The first-order valence-corrected chi connectivity index (χ1v) is 6.51. The SMILES string of the molecule is O=C(O)NN(C(=O)O)c1c2ccccc2cc2ccccc12. The Hall–Kier alpha value is -3.28. The zero-order valence-corrected chi connectivity index (χ0v) is 11.4. The number of anilines is 1. The molecule has 0 heterocycles. The van der Waals surface area contributed by atoms with E-state index in [2.05, 4.69) is 0 Å². The van der Waals surface area contributed by atoms with Crippen molar-refractivity contribution in [3.63, 3.8) is 0 Å². The summed E-state index contributed by atoms with van der Waals surface area (Å²) >= 11 is 0. The van der Waals surface area contributed by atoms with Crippen molar-refractivity contribution in [3.8, 4) is 0 Å². The van der Waals surface area contributed by atoms with Gasteiger partial charge in [-0.1, -0.05) is 48.5 Å². The van der Waals surface area contributed by atoms with Crippen LogP contribution in [0.15, 0.2) is 54.6 Å². The van der Waals surface area contributed by atoms with E-state index < -0.39 is 12.2 Å². The zero-order valence-electron chi connectivity index (χ0n) is 11.4. The number of amides is 2. The first-order valence-electron chi connectivity index (χ1n) is 6.51. The number of hydrogen-bond donors (Lipinski definition) is 3. The molecule has 0 aliphatic rings. The number of rotatable bonds is 1. The van der Waals surface area contributed by atoms with Gasteiger partial charge in [0.2, 0.25) is 0 Å². The second-order valence-corrected chi connectivity index (χ2v) is 4.70. The molecule has 0 atom stereocenters. The van der Waals surface area contributed by atoms with Crippen molar-refractivity contribution in [1.82, 2.24) is 5.43 Å². The summed E-state index contributed by atoms with van der Waals surface area (Å²) in [5.41, 5.74) is 2.23. The van der Waals surface area contributed by atoms with Gasteiger partial charge in [0.1, 0.15) is 0 Å². The summed E-state index contributed by atoms with van der Waals surface area (Å²) in [5, 5.41) is 21.9. The highest BCUT2D eigenvalue weighted by Gasteiger charge is 2.22. The second kappa shape index (κ2) is 5.25. The van der Waals surface area contributed by atoms with Gasteiger partial charge in [0.15, 0.2) is 0 Å². The van der Waals surface area contributed by atoms with E-state index in [1.54, 1.807) is 24.3 Å². The van der Waals surface area contributed by atoms with Gasteiger partial charge in [-0.05, 0) is 16.8 Å². The smallest absolute Gasteiger partial charge is 0.431 e. The monoisotopic (exact) mass is 296 g/mol. The highest BCUT2D eigenvalue weighted by molar-refractivity contribution is 6.15. The van der Waals surface area contributed by atoms with Crippen molar-refractivity contribution in [2.75, 3.05) is 5.01 Å². The molecule has 0 aliphatic carbocycles. The molecule has 0 bridgehead atoms. The number of nitrogens with one attached hydrogen (secondary N) is 1. The second-order valence-electron chi connectivity index (χ2n) is 4.70. The van der Waals surface area contributed by atoms with Gasteiger partial charge in [0.05, 0.1) is 5.69 Å². The van der Waals surface area contributed by atoms with Crippen molar-refractivity contribution >= 4 is 39.4 Å². The van der Waals surface area contributed by atoms with Gasteiger partial charge in [0, 0.05) is 10.8 Å². The van der Waals surface area contributed by atoms with E-state index in [1.807, 2.05) is 35.8 Å². The van der Waals surface area contributed by atoms with Gasteiger partial charge in [0.25, 0.3) is 0 Å². The molecule has 3 aromatic rings. The summed E-state index contributed by atoms with van der Waals surface area (Å²) in [6.07, 6.45) is -2.84. The fourth-order valence-electron chi connectivity index (χ4n) is 2.53. The van der Waals surface area contributed by atoms with Gasteiger partial charge in [-0.25, -0.2) is 15.0 Å². The van der Waals surface area contributed by atoms with Crippen LogP contribution in [0.25, 0.3) is 21.5 Å². The molecule has 3 N–H and O–H groups in total. The molecular weight excluding hydrogens is 284 g/mol. The number of hydrazine groups is 1. The highest BCUT2D eigenvalue weighted by atomic mass is 16.4. The van der Waals surface area contributed by atoms with Crippen molar-refractivity contribution in [2.45, 2.75) is 0 Å². The van der Waals surface area contributed by atoms with Gasteiger partial charge in [-0.2, -0.15) is 5.01 Å². The summed E-state index contributed by atoms with van der Waals surface area (Å²) in [6.45, 7) is 0.